The minimum Gasteiger partial charge on any atom is -0.478 e. The zero-order valence-electron chi connectivity index (χ0n) is 10.8. The normalized spacial score (nSPS) is 20.4. The van der Waals surface area contributed by atoms with E-state index in [0.29, 0.717) is 12.8 Å². The number of piperidine rings is 1. The van der Waals surface area contributed by atoms with E-state index in [-0.39, 0.29) is 33.6 Å². The van der Waals surface area contributed by atoms with Crippen molar-refractivity contribution in [3.8, 4) is 0 Å². The lowest BCUT2D eigenvalue weighted by molar-refractivity contribution is 0.0696. The van der Waals surface area contributed by atoms with Crippen molar-refractivity contribution in [1.82, 2.24) is 4.31 Å². The van der Waals surface area contributed by atoms with Crippen LogP contribution in [0.5, 0.6) is 0 Å². The highest BCUT2D eigenvalue weighted by atomic mass is 35.5. The molecule has 1 aromatic rings. The topological polar surface area (TPSA) is 94.9 Å². The van der Waals surface area contributed by atoms with Crippen molar-refractivity contribution in [1.29, 1.82) is 0 Å². The van der Waals surface area contributed by atoms with E-state index in [1.807, 2.05) is 0 Å². The maximum absolute atomic E-state index is 12.6. The molecule has 1 unspecified atom stereocenters. The molecule has 0 saturated carbocycles. The average Bonchev–Trinajstić information content (AvgIpc) is 2.40. The number of sulfonamides is 1. The molecule has 2 rings (SSSR count). The van der Waals surface area contributed by atoms with Crippen molar-refractivity contribution >= 4 is 39.2 Å². The summed E-state index contributed by atoms with van der Waals surface area (Å²) < 4.78 is 26.2. The number of nitrogens with zero attached hydrogens (tertiary/aromatic N) is 1. The zero-order chi connectivity index (χ0) is 15.8. The third-order valence-electron chi connectivity index (χ3n) is 3.21. The van der Waals surface area contributed by atoms with Crippen molar-refractivity contribution < 1.29 is 23.4 Å². The van der Waals surface area contributed by atoms with Crippen LogP contribution in [0.25, 0.3) is 0 Å². The Bertz CT molecular complexity index is 676. The molecule has 0 radical (unpaired) electrons. The average molecular weight is 354 g/mol. The molecule has 0 bridgehead atoms. The maximum atomic E-state index is 12.6. The fourth-order valence-corrected chi connectivity index (χ4v) is 4.58. The first-order valence-corrected chi connectivity index (χ1v) is 8.33. The molecular weight excluding hydrogens is 341 g/mol. The number of rotatable bonds is 3. The molecule has 0 amide bonds. The van der Waals surface area contributed by atoms with Crippen LogP contribution in [0.15, 0.2) is 17.0 Å². The molecule has 1 fully saturated rings. The van der Waals surface area contributed by atoms with Gasteiger partial charge < -0.3 is 10.2 Å². The van der Waals surface area contributed by atoms with E-state index in [2.05, 4.69) is 0 Å². The lowest BCUT2D eigenvalue weighted by atomic mass is 10.1. The summed E-state index contributed by atoms with van der Waals surface area (Å²) in [4.78, 5) is 10.7. The van der Waals surface area contributed by atoms with Crippen LogP contribution in [-0.2, 0) is 10.0 Å². The Morgan fingerprint density at radius 2 is 2.00 bits per heavy atom. The molecule has 6 nitrogen and oxygen atoms in total. The predicted octanol–water partition coefficient (Wildman–Crippen LogP) is 1.84. The number of carboxylic acids is 1. The zero-order valence-corrected chi connectivity index (χ0v) is 13.1. The molecular formula is C12H13Cl2NO5S. The van der Waals surface area contributed by atoms with Gasteiger partial charge in [-0.2, -0.15) is 4.31 Å². The summed E-state index contributed by atoms with van der Waals surface area (Å²) in [5.41, 5.74) is -0.375. The molecule has 1 atom stereocenters. The van der Waals surface area contributed by atoms with E-state index < -0.39 is 22.1 Å². The second kappa shape index (κ2) is 6.10. The Morgan fingerprint density at radius 1 is 1.33 bits per heavy atom. The van der Waals surface area contributed by atoms with E-state index in [4.69, 9.17) is 28.3 Å². The standard InChI is InChI=1S/C12H13Cl2NO5S/c13-7-4-9(12(17)18)11(14)10(5-7)21(19,20)15-3-1-2-8(16)6-15/h4-5,8,16H,1-3,6H2,(H,17,18). The Hall–Kier alpha value is -0.860. The molecule has 1 aliphatic rings. The molecule has 21 heavy (non-hydrogen) atoms. The van der Waals surface area contributed by atoms with Crippen LogP contribution in [0, 0.1) is 0 Å². The molecule has 116 valence electrons. The Balaban J connectivity index is 2.52. The second-order valence-electron chi connectivity index (χ2n) is 4.73. The first-order chi connectivity index (χ1) is 9.73. The monoisotopic (exact) mass is 353 g/mol. The van der Waals surface area contributed by atoms with E-state index >= 15 is 0 Å². The maximum Gasteiger partial charge on any atom is 0.337 e. The van der Waals surface area contributed by atoms with Crippen molar-refractivity contribution in [2.75, 3.05) is 13.1 Å². The summed E-state index contributed by atoms with van der Waals surface area (Å²) in [7, 11) is -4.01. The van der Waals surface area contributed by atoms with Crippen molar-refractivity contribution in [2.24, 2.45) is 0 Å². The number of aromatic carboxylic acids is 1. The molecule has 1 aliphatic heterocycles. The van der Waals surface area contributed by atoms with Crippen molar-refractivity contribution in [3.05, 3.63) is 27.7 Å². The number of halogens is 2. The lowest BCUT2D eigenvalue weighted by Gasteiger charge is -2.29. The number of hydrogen-bond acceptors (Lipinski definition) is 4. The van der Waals surface area contributed by atoms with Gasteiger partial charge >= 0.3 is 5.97 Å². The minimum absolute atomic E-state index is 0.0343. The SMILES string of the molecule is O=C(O)c1cc(Cl)cc(S(=O)(=O)N2CCCC(O)C2)c1Cl. The molecule has 0 aliphatic carbocycles. The van der Waals surface area contributed by atoms with E-state index in [0.717, 1.165) is 16.4 Å². The van der Waals surface area contributed by atoms with Gasteiger partial charge in [-0.25, -0.2) is 13.2 Å². The van der Waals surface area contributed by atoms with Gasteiger partial charge in [-0.3, -0.25) is 0 Å². The Labute approximate surface area is 131 Å². The molecule has 9 heteroatoms. The van der Waals surface area contributed by atoms with Crippen LogP contribution in [0.4, 0.5) is 0 Å². The molecule has 2 N–H and O–H groups in total. The van der Waals surface area contributed by atoms with E-state index in [1.54, 1.807) is 0 Å². The number of carboxylic acid groups (broad SMARTS) is 1. The van der Waals surface area contributed by atoms with Gasteiger partial charge in [0, 0.05) is 18.1 Å². The summed E-state index contributed by atoms with van der Waals surface area (Å²) in [6, 6.07) is 2.21. The predicted molar refractivity (Wildman–Crippen MR) is 77.4 cm³/mol. The van der Waals surface area contributed by atoms with Gasteiger partial charge in [0.15, 0.2) is 0 Å². The second-order valence-corrected chi connectivity index (χ2v) is 7.45. The smallest absolute Gasteiger partial charge is 0.337 e. The van der Waals surface area contributed by atoms with Crippen LogP contribution in [0.3, 0.4) is 0 Å². The Morgan fingerprint density at radius 3 is 2.57 bits per heavy atom. The fourth-order valence-electron chi connectivity index (χ4n) is 2.19. The van der Waals surface area contributed by atoms with Gasteiger partial charge in [0.05, 0.1) is 16.7 Å². The number of carbonyl (C=O) groups is 1. The molecule has 1 aromatic carbocycles. The van der Waals surface area contributed by atoms with E-state index in [1.165, 1.54) is 0 Å². The van der Waals surface area contributed by atoms with Crippen molar-refractivity contribution in [3.63, 3.8) is 0 Å². The molecule has 1 heterocycles. The molecule has 0 aromatic heterocycles. The number of hydrogen-bond donors (Lipinski definition) is 2. The van der Waals surface area contributed by atoms with Crippen LogP contribution < -0.4 is 0 Å². The molecule has 0 spiro atoms. The van der Waals surface area contributed by atoms with Gasteiger partial charge in [0.25, 0.3) is 0 Å². The van der Waals surface area contributed by atoms with Gasteiger partial charge in [-0.05, 0) is 25.0 Å². The van der Waals surface area contributed by atoms with Gasteiger partial charge in [-0.1, -0.05) is 23.2 Å². The lowest BCUT2D eigenvalue weighted by Crippen LogP contribution is -2.42. The number of aliphatic hydroxyl groups excluding tert-OH is 1. The van der Waals surface area contributed by atoms with Crippen molar-refractivity contribution in [2.45, 2.75) is 23.8 Å². The Kier molecular flexibility index (Phi) is 4.79. The summed E-state index contributed by atoms with van der Waals surface area (Å²) in [5.74, 6) is -1.36. The van der Waals surface area contributed by atoms with E-state index in [9.17, 15) is 18.3 Å². The summed E-state index contributed by atoms with van der Waals surface area (Å²) in [6.07, 6.45) is 0.297. The first-order valence-electron chi connectivity index (χ1n) is 6.14. The van der Waals surface area contributed by atoms with Crippen LogP contribution in [-0.4, -0.2) is 48.1 Å². The van der Waals surface area contributed by atoms with Crippen LogP contribution >= 0.6 is 23.2 Å². The number of aliphatic hydroxyl groups is 1. The number of benzene rings is 1. The summed E-state index contributed by atoms with van der Waals surface area (Å²) in [5, 5.41) is 18.2. The molecule has 1 saturated heterocycles. The summed E-state index contributed by atoms with van der Waals surface area (Å²) >= 11 is 11.7. The first kappa shape index (κ1) is 16.5. The number of β-amino-alcohol motifs (C(OH)–C–C–N with tert-alkyl or cyclic N) is 1. The third kappa shape index (κ3) is 3.32. The highest BCUT2D eigenvalue weighted by Gasteiger charge is 2.32. The van der Waals surface area contributed by atoms with Gasteiger partial charge in [-0.15, -0.1) is 0 Å². The fraction of sp³-hybridized carbons (Fsp3) is 0.417. The third-order valence-corrected chi connectivity index (χ3v) is 5.84. The van der Waals surface area contributed by atoms with Gasteiger partial charge in [0.2, 0.25) is 10.0 Å². The van der Waals surface area contributed by atoms with Crippen LogP contribution in [0.2, 0.25) is 10.0 Å². The summed E-state index contributed by atoms with van der Waals surface area (Å²) in [6.45, 7) is 0.193. The van der Waals surface area contributed by atoms with Crippen LogP contribution in [0.1, 0.15) is 23.2 Å². The highest BCUT2D eigenvalue weighted by Crippen LogP contribution is 2.32. The largest absolute Gasteiger partial charge is 0.478 e. The van der Waals surface area contributed by atoms with Gasteiger partial charge in [0.1, 0.15) is 4.90 Å². The minimum atomic E-state index is -4.01. The quantitative estimate of drug-likeness (QED) is 0.864. The highest BCUT2D eigenvalue weighted by molar-refractivity contribution is 7.89.